The van der Waals surface area contributed by atoms with Gasteiger partial charge in [0.15, 0.2) is 0 Å². The SMILES string of the molecule is Cc1cnc(Nc2ccc(N3CCOCC3)cc2)nc1Sc1ccc(NC(=O)/C(Br)=C/C(=O)O)cc1. The second-order valence-corrected chi connectivity index (χ2v) is 9.78. The lowest BCUT2D eigenvalue weighted by Crippen LogP contribution is -2.36. The number of ether oxygens (including phenoxy) is 1. The Labute approximate surface area is 221 Å². The van der Waals surface area contributed by atoms with Gasteiger partial charge in [-0.2, -0.15) is 0 Å². The van der Waals surface area contributed by atoms with Crippen LogP contribution in [0.15, 0.2) is 75.2 Å². The van der Waals surface area contributed by atoms with Crippen molar-refractivity contribution in [2.45, 2.75) is 16.8 Å². The Morgan fingerprint density at radius 1 is 1.08 bits per heavy atom. The van der Waals surface area contributed by atoms with Crippen molar-refractivity contribution in [2.24, 2.45) is 0 Å². The Morgan fingerprint density at radius 2 is 1.75 bits per heavy atom. The zero-order chi connectivity index (χ0) is 25.5. The number of rotatable bonds is 8. The van der Waals surface area contributed by atoms with Gasteiger partial charge in [0, 0.05) is 52.9 Å². The van der Waals surface area contributed by atoms with Crippen molar-refractivity contribution in [1.82, 2.24) is 9.97 Å². The number of anilines is 4. The van der Waals surface area contributed by atoms with Gasteiger partial charge in [-0.25, -0.2) is 14.8 Å². The highest BCUT2D eigenvalue weighted by Gasteiger charge is 2.12. The fourth-order valence-corrected chi connectivity index (χ4v) is 4.52. The molecule has 1 fully saturated rings. The van der Waals surface area contributed by atoms with Crippen LogP contribution >= 0.6 is 27.7 Å². The van der Waals surface area contributed by atoms with Crippen LogP contribution in [0.3, 0.4) is 0 Å². The number of halogens is 1. The lowest BCUT2D eigenvalue weighted by molar-refractivity contribution is -0.131. The molecule has 9 nitrogen and oxygen atoms in total. The topological polar surface area (TPSA) is 117 Å². The molecule has 2 aromatic carbocycles. The molecule has 1 aliphatic rings. The molecule has 0 aliphatic carbocycles. The number of nitrogens with one attached hydrogen (secondary N) is 2. The number of aryl methyl sites for hydroxylation is 1. The predicted octanol–water partition coefficient (Wildman–Crippen LogP) is 4.82. The molecular formula is C25H24BrN5O4S. The fraction of sp³-hybridized carbons (Fsp3) is 0.200. The van der Waals surface area contributed by atoms with Gasteiger partial charge in [-0.05, 0) is 71.4 Å². The fourth-order valence-electron chi connectivity index (χ4n) is 3.38. The number of carbonyl (C=O) groups excluding carboxylic acids is 1. The van der Waals surface area contributed by atoms with Gasteiger partial charge in [0.25, 0.3) is 5.91 Å². The van der Waals surface area contributed by atoms with Gasteiger partial charge >= 0.3 is 5.97 Å². The maximum Gasteiger partial charge on any atom is 0.329 e. The standard InChI is InChI=1S/C25H24BrN5O4S/c1-16-15-27-25(29-18-2-6-19(7-3-18)31-10-12-35-13-11-31)30-24(16)36-20-8-4-17(5-9-20)28-23(34)21(26)14-22(32)33/h2-9,14-15H,10-13H2,1H3,(H,28,34)(H,32,33)(H,27,29,30)/b21-14-. The largest absolute Gasteiger partial charge is 0.478 e. The molecule has 0 saturated carbocycles. The first kappa shape index (κ1) is 25.7. The normalized spacial score (nSPS) is 13.8. The van der Waals surface area contributed by atoms with E-state index in [1.165, 1.54) is 11.8 Å². The maximum absolute atomic E-state index is 12.0. The number of hydrogen-bond donors (Lipinski definition) is 3. The van der Waals surface area contributed by atoms with Crippen LogP contribution in [0.2, 0.25) is 0 Å². The zero-order valence-electron chi connectivity index (χ0n) is 19.4. The number of carbonyl (C=O) groups is 2. The van der Waals surface area contributed by atoms with Crippen LogP contribution in [0, 0.1) is 6.92 Å². The van der Waals surface area contributed by atoms with Gasteiger partial charge in [0.2, 0.25) is 5.95 Å². The maximum atomic E-state index is 12.0. The molecule has 0 spiro atoms. The van der Waals surface area contributed by atoms with Gasteiger partial charge in [0.1, 0.15) is 5.03 Å². The molecule has 3 aromatic rings. The lowest BCUT2D eigenvalue weighted by Gasteiger charge is -2.28. The van der Waals surface area contributed by atoms with Crippen LogP contribution in [0.1, 0.15) is 5.56 Å². The predicted molar refractivity (Wildman–Crippen MR) is 143 cm³/mol. The average Bonchev–Trinajstić information content (AvgIpc) is 2.88. The molecule has 1 saturated heterocycles. The molecule has 3 N–H and O–H groups in total. The summed E-state index contributed by atoms with van der Waals surface area (Å²) in [5, 5.41) is 15.5. The smallest absolute Gasteiger partial charge is 0.329 e. The van der Waals surface area contributed by atoms with E-state index in [2.05, 4.69) is 53.6 Å². The highest BCUT2D eigenvalue weighted by molar-refractivity contribution is 9.12. The Bertz CT molecular complexity index is 1260. The second kappa shape index (κ2) is 12.0. The number of aromatic nitrogens is 2. The third kappa shape index (κ3) is 7.06. The van der Waals surface area contributed by atoms with Crippen molar-refractivity contribution < 1.29 is 19.4 Å². The van der Waals surface area contributed by atoms with Crippen molar-refractivity contribution in [2.75, 3.05) is 41.8 Å². The highest BCUT2D eigenvalue weighted by atomic mass is 79.9. The molecule has 186 valence electrons. The number of morpholine rings is 1. The van der Waals surface area contributed by atoms with Gasteiger partial charge in [-0.3, -0.25) is 4.79 Å². The first-order valence-corrected chi connectivity index (χ1v) is 12.7. The van der Waals surface area contributed by atoms with Crippen LogP contribution in [-0.2, 0) is 14.3 Å². The summed E-state index contributed by atoms with van der Waals surface area (Å²) in [6.45, 7) is 5.22. The minimum Gasteiger partial charge on any atom is -0.478 e. The van der Waals surface area contributed by atoms with Gasteiger partial charge < -0.3 is 25.4 Å². The van der Waals surface area contributed by atoms with Crippen molar-refractivity contribution in [3.63, 3.8) is 0 Å². The summed E-state index contributed by atoms with van der Waals surface area (Å²) in [4.78, 5) is 35.0. The number of aliphatic carboxylic acids is 1. The van der Waals surface area contributed by atoms with Crippen LogP contribution in [0.5, 0.6) is 0 Å². The van der Waals surface area contributed by atoms with Crippen molar-refractivity contribution >= 4 is 62.6 Å². The molecule has 1 aliphatic heterocycles. The number of carboxylic acids is 1. The third-order valence-corrected chi connectivity index (χ3v) is 6.92. The monoisotopic (exact) mass is 569 g/mol. The van der Waals surface area contributed by atoms with E-state index in [9.17, 15) is 9.59 Å². The first-order valence-electron chi connectivity index (χ1n) is 11.1. The van der Waals surface area contributed by atoms with Crippen molar-refractivity contribution in [1.29, 1.82) is 0 Å². The molecule has 0 atom stereocenters. The molecule has 36 heavy (non-hydrogen) atoms. The summed E-state index contributed by atoms with van der Waals surface area (Å²) >= 11 is 4.44. The van der Waals surface area contributed by atoms with E-state index in [0.717, 1.165) is 59.2 Å². The average molecular weight is 570 g/mol. The molecule has 1 amide bonds. The molecule has 0 unspecified atom stereocenters. The first-order chi connectivity index (χ1) is 17.4. The van der Waals surface area contributed by atoms with E-state index >= 15 is 0 Å². The number of carboxylic acid groups (broad SMARTS) is 1. The Hall–Kier alpha value is -3.41. The summed E-state index contributed by atoms with van der Waals surface area (Å²) in [5.74, 6) is -1.25. The molecule has 0 radical (unpaired) electrons. The minimum absolute atomic E-state index is 0.0687. The number of amides is 1. The molecular weight excluding hydrogens is 546 g/mol. The van der Waals surface area contributed by atoms with Gasteiger partial charge in [-0.15, -0.1) is 0 Å². The summed E-state index contributed by atoms with van der Waals surface area (Å²) in [7, 11) is 0. The zero-order valence-corrected chi connectivity index (χ0v) is 21.8. The van der Waals surface area contributed by atoms with E-state index in [0.29, 0.717) is 11.6 Å². The van der Waals surface area contributed by atoms with E-state index in [-0.39, 0.29) is 4.48 Å². The number of hydrogen-bond acceptors (Lipinski definition) is 8. The van der Waals surface area contributed by atoms with Crippen LogP contribution < -0.4 is 15.5 Å². The minimum atomic E-state index is -1.21. The summed E-state index contributed by atoms with van der Waals surface area (Å²) in [6.07, 6.45) is 2.57. The van der Waals surface area contributed by atoms with Crippen LogP contribution in [0.25, 0.3) is 0 Å². The Kier molecular flexibility index (Phi) is 8.57. The lowest BCUT2D eigenvalue weighted by atomic mass is 10.2. The summed E-state index contributed by atoms with van der Waals surface area (Å²) in [5.41, 5.74) is 3.54. The van der Waals surface area contributed by atoms with E-state index < -0.39 is 11.9 Å². The summed E-state index contributed by atoms with van der Waals surface area (Å²) in [6, 6.07) is 15.4. The van der Waals surface area contributed by atoms with Gasteiger partial charge in [0.05, 0.1) is 17.7 Å². The van der Waals surface area contributed by atoms with Gasteiger partial charge in [-0.1, -0.05) is 11.8 Å². The van der Waals surface area contributed by atoms with Crippen LogP contribution in [0.4, 0.5) is 23.0 Å². The molecule has 11 heteroatoms. The van der Waals surface area contributed by atoms with E-state index in [1.807, 2.05) is 31.2 Å². The third-order valence-electron chi connectivity index (χ3n) is 5.22. The Balaban J connectivity index is 1.39. The number of benzene rings is 2. The second-order valence-electron chi connectivity index (χ2n) is 7.86. The Morgan fingerprint density at radius 3 is 2.42 bits per heavy atom. The molecule has 2 heterocycles. The van der Waals surface area contributed by atoms with Crippen molar-refractivity contribution in [3.8, 4) is 0 Å². The molecule has 4 rings (SSSR count). The van der Waals surface area contributed by atoms with Crippen molar-refractivity contribution in [3.05, 3.63) is 70.8 Å². The van der Waals surface area contributed by atoms with E-state index in [4.69, 9.17) is 9.84 Å². The number of nitrogens with zero attached hydrogens (tertiary/aromatic N) is 3. The summed E-state index contributed by atoms with van der Waals surface area (Å²) < 4.78 is 5.35. The highest BCUT2D eigenvalue weighted by Crippen LogP contribution is 2.30. The molecule has 0 bridgehead atoms. The van der Waals surface area contributed by atoms with Crippen LogP contribution in [-0.4, -0.2) is 53.3 Å². The molecule has 1 aromatic heterocycles. The quantitative estimate of drug-likeness (QED) is 0.259. The van der Waals surface area contributed by atoms with E-state index in [1.54, 1.807) is 18.3 Å².